The summed E-state index contributed by atoms with van der Waals surface area (Å²) in [5.41, 5.74) is 5.42. The molecule has 0 aromatic heterocycles. The van der Waals surface area contributed by atoms with E-state index < -0.39 is 25.1 Å². The van der Waals surface area contributed by atoms with Crippen LogP contribution in [0, 0.1) is 0 Å². The Morgan fingerprint density at radius 3 is 1.90 bits per heavy atom. The molecule has 11 heteroatoms. The van der Waals surface area contributed by atoms with Crippen LogP contribution in [0.3, 0.4) is 0 Å². The Kier molecular flexibility index (Phi) is 7.37. The third-order valence-electron chi connectivity index (χ3n) is 2.57. The summed E-state index contributed by atoms with van der Waals surface area (Å²) in [6.45, 7) is 0. The van der Waals surface area contributed by atoms with Crippen LogP contribution in [0.4, 0.5) is 5.69 Å². The van der Waals surface area contributed by atoms with Crippen LogP contribution in [-0.4, -0.2) is 85.1 Å². The average molecular weight is 349 g/mol. The zero-order valence-electron chi connectivity index (χ0n) is 11.3. The summed E-state index contributed by atoms with van der Waals surface area (Å²) < 4.78 is 62.0. The molecular weight excluding hydrogens is 340 g/mol. The molecule has 0 aliphatic rings. The van der Waals surface area contributed by atoms with Crippen LogP contribution < -0.4 is 5.73 Å². The molecule has 0 unspecified atom stereocenters. The van der Waals surface area contributed by atoms with Crippen molar-refractivity contribution in [2.45, 2.75) is 9.79 Å². The number of hydrogen-bond acceptors (Lipinski definition) is 5. The van der Waals surface area contributed by atoms with E-state index in [1.165, 1.54) is 12.1 Å². The maximum Gasteiger partial charge on any atom is 0.296 e. The summed E-state index contributed by atoms with van der Waals surface area (Å²) in [7, 11) is -8.81. The van der Waals surface area contributed by atoms with E-state index in [0.717, 1.165) is 18.2 Å². The maximum absolute atomic E-state index is 11.1. The molecule has 0 bridgehead atoms. The van der Waals surface area contributed by atoms with Crippen molar-refractivity contribution < 1.29 is 25.9 Å². The Balaban J connectivity index is 0.00000200. The molecule has 7 nitrogen and oxygen atoms in total. The normalized spacial score (nSPS) is 11.5. The monoisotopic (exact) mass is 349 g/mol. The second-order valence-electron chi connectivity index (χ2n) is 3.81. The number of nitrogens with two attached hydrogens (primary N) is 1. The van der Waals surface area contributed by atoms with E-state index in [0.29, 0.717) is 5.39 Å². The van der Waals surface area contributed by atoms with Crippen LogP contribution in [0.5, 0.6) is 0 Å². The minimum atomic E-state index is -4.46. The van der Waals surface area contributed by atoms with E-state index in [2.05, 4.69) is 0 Å². The molecule has 4 N–H and O–H groups in total. The molecule has 0 aliphatic heterocycles. The zero-order chi connectivity index (χ0) is 14.4. The zero-order valence-corrected chi connectivity index (χ0v) is 16.9. The van der Waals surface area contributed by atoms with Gasteiger partial charge in [0.1, 0.15) is 4.90 Å². The van der Waals surface area contributed by atoms with Gasteiger partial charge < -0.3 is 5.73 Å². The molecule has 0 saturated carbocycles. The summed E-state index contributed by atoms with van der Waals surface area (Å²) in [6, 6.07) is 5.82. The van der Waals surface area contributed by atoms with Crippen molar-refractivity contribution in [1.29, 1.82) is 0 Å². The van der Waals surface area contributed by atoms with E-state index in [1.807, 2.05) is 0 Å². The Morgan fingerprint density at radius 2 is 1.43 bits per heavy atom. The van der Waals surface area contributed by atoms with Crippen LogP contribution in [0.1, 0.15) is 0 Å². The number of nitrogen functional groups attached to an aromatic ring is 1. The molecule has 2 aromatic rings. The molecule has 0 atom stereocenters. The first-order chi connectivity index (χ1) is 8.60. The fraction of sp³-hybridized carbons (Fsp3) is 0. The second-order valence-corrected chi connectivity index (χ2v) is 6.62. The molecule has 2 aromatic carbocycles. The fourth-order valence-electron chi connectivity index (χ4n) is 1.70. The van der Waals surface area contributed by atoms with E-state index >= 15 is 0 Å². The quantitative estimate of drug-likeness (QED) is 0.399. The van der Waals surface area contributed by atoms with Gasteiger partial charge in [0.2, 0.25) is 0 Å². The van der Waals surface area contributed by atoms with Crippen molar-refractivity contribution in [2.24, 2.45) is 0 Å². The molecule has 21 heavy (non-hydrogen) atoms. The van der Waals surface area contributed by atoms with Crippen LogP contribution in [0.25, 0.3) is 10.8 Å². The van der Waals surface area contributed by atoms with Gasteiger partial charge in [-0.1, -0.05) is 12.1 Å². The van der Waals surface area contributed by atoms with E-state index in [1.54, 1.807) is 0 Å². The first-order valence-electron chi connectivity index (χ1n) is 4.88. The third kappa shape index (κ3) is 4.64. The Bertz CT molecular complexity index is 880. The van der Waals surface area contributed by atoms with Gasteiger partial charge in [-0.25, -0.2) is 0 Å². The molecule has 104 valence electrons. The van der Waals surface area contributed by atoms with Gasteiger partial charge in [0, 0.05) is 64.5 Å². The van der Waals surface area contributed by atoms with Crippen molar-refractivity contribution in [3.63, 3.8) is 0 Å². The van der Waals surface area contributed by atoms with Crippen LogP contribution in [-0.2, 0) is 20.2 Å². The minimum Gasteiger partial charge on any atom is -0.397 e. The van der Waals surface area contributed by atoms with Crippen molar-refractivity contribution >= 4 is 95.8 Å². The Hall–Kier alpha value is 0.320. The molecule has 0 heterocycles. The number of fused-ring (bicyclic) bond motifs is 1. The molecule has 0 saturated heterocycles. The van der Waals surface area contributed by atoms with Gasteiger partial charge >= 0.3 is 0 Å². The van der Waals surface area contributed by atoms with Gasteiger partial charge in [0.05, 0.1) is 10.6 Å². The number of benzene rings is 2. The van der Waals surface area contributed by atoms with Crippen molar-refractivity contribution in [3.05, 3.63) is 30.3 Å². The van der Waals surface area contributed by atoms with Gasteiger partial charge in [0.25, 0.3) is 20.2 Å². The topological polar surface area (TPSA) is 135 Å². The summed E-state index contributed by atoms with van der Waals surface area (Å²) in [5.74, 6) is 0. The predicted molar refractivity (Wildman–Crippen MR) is 79.5 cm³/mol. The molecule has 2 rings (SSSR count). The first-order valence-corrected chi connectivity index (χ1v) is 7.76. The number of hydrogen-bond donors (Lipinski definition) is 3. The molecule has 0 spiro atoms. The molecule has 2 radical (unpaired) electrons. The number of rotatable bonds is 2. The van der Waals surface area contributed by atoms with Crippen molar-refractivity contribution in [2.75, 3.05) is 5.73 Å². The van der Waals surface area contributed by atoms with Gasteiger partial charge in [-0.05, 0) is 23.6 Å². The summed E-state index contributed by atoms with van der Waals surface area (Å²) in [5, 5.41) is 0.572. The van der Waals surface area contributed by atoms with Crippen molar-refractivity contribution in [1.82, 2.24) is 0 Å². The van der Waals surface area contributed by atoms with Gasteiger partial charge in [-0.2, -0.15) is 16.8 Å². The molecule has 0 amide bonds. The van der Waals surface area contributed by atoms with Crippen molar-refractivity contribution in [3.8, 4) is 0 Å². The average Bonchev–Trinajstić information content (AvgIpc) is 2.26. The Morgan fingerprint density at radius 1 is 0.857 bits per heavy atom. The smallest absolute Gasteiger partial charge is 0.296 e. The van der Waals surface area contributed by atoms with Crippen LogP contribution in [0.15, 0.2) is 40.1 Å². The summed E-state index contributed by atoms with van der Waals surface area (Å²) in [6.07, 6.45) is 0. The standard InChI is InChI=1S/C10H9NO6S2.2Na/c11-10-8-3-2-7(18(12,13)14)5-6(8)1-4-9(10)19(15,16)17;;/h1-5H,11H2,(H,12,13,14)(H,15,16,17);;. The second kappa shape index (κ2) is 7.26. The van der Waals surface area contributed by atoms with Gasteiger partial charge in [0.15, 0.2) is 0 Å². The fourth-order valence-corrected chi connectivity index (χ4v) is 2.84. The molecular formula is C10H9NNa2O6S2. The SMILES string of the molecule is Nc1c(S(=O)(=O)O)ccc2cc(S(=O)(=O)O)ccc12.[Na].[Na]. The minimum absolute atomic E-state index is 0. The summed E-state index contributed by atoms with van der Waals surface area (Å²) in [4.78, 5) is -0.793. The molecule has 0 fully saturated rings. The predicted octanol–water partition coefficient (Wildman–Crippen LogP) is 0.154. The van der Waals surface area contributed by atoms with E-state index in [4.69, 9.17) is 14.8 Å². The van der Waals surface area contributed by atoms with E-state index in [-0.39, 0.29) is 75.1 Å². The van der Waals surface area contributed by atoms with E-state index in [9.17, 15) is 16.8 Å². The maximum atomic E-state index is 11.1. The molecule has 0 aliphatic carbocycles. The number of anilines is 1. The first kappa shape index (κ1) is 21.3. The summed E-state index contributed by atoms with van der Waals surface area (Å²) >= 11 is 0. The van der Waals surface area contributed by atoms with Crippen LogP contribution in [0.2, 0.25) is 0 Å². The Labute approximate surface area is 166 Å². The largest absolute Gasteiger partial charge is 0.397 e. The van der Waals surface area contributed by atoms with Gasteiger partial charge in [-0.15, -0.1) is 0 Å². The third-order valence-corrected chi connectivity index (χ3v) is 4.33. The van der Waals surface area contributed by atoms with Crippen LogP contribution >= 0.6 is 0 Å². The van der Waals surface area contributed by atoms with Gasteiger partial charge in [-0.3, -0.25) is 9.11 Å².